The summed E-state index contributed by atoms with van der Waals surface area (Å²) in [5, 5.41) is 74.4. The van der Waals surface area contributed by atoms with Gasteiger partial charge in [-0.05, 0) is 65.5 Å². The molecule has 2 aliphatic rings. The van der Waals surface area contributed by atoms with Crippen LogP contribution in [-0.4, -0.2) is 84.8 Å². The van der Waals surface area contributed by atoms with Gasteiger partial charge in [-0.3, -0.25) is 4.79 Å². The molecule has 1 saturated heterocycles. The van der Waals surface area contributed by atoms with Gasteiger partial charge in [-0.15, -0.1) is 0 Å². The molecule has 1 amide bonds. The Kier molecular flexibility index (Phi) is 10.8. The van der Waals surface area contributed by atoms with Gasteiger partial charge in [0.1, 0.15) is 41.2 Å². The predicted molar refractivity (Wildman–Crippen MR) is 171 cm³/mol. The molecule has 2 aromatic rings. The number of hydrogen-bond donors (Lipinski definition) is 7. The molecule has 0 unspecified atom stereocenters. The number of phenols is 3. The van der Waals surface area contributed by atoms with Gasteiger partial charge in [0.05, 0.1) is 16.9 Å². The van der Waals surface area contributed by atoms with E-state index in [4.69, 9.17) is 4.74 Å². The van der Waals surface area contributed by atoms with Crippen LogP contribution in [0.5, 0.6) is 17.2 Å². The summed E-state index contributed by atoms with van der Waals surface area (Å²) in [6.45, 7) is 8.14. The second kappa shape index (κ2) is 14.4. The molecule has 2 aromatic carbocycles. The number of nitrogens with zero attached hydrogens (tertiary/aromatic N) is 2. The Labute approximate surface area is 267 Å². The fourth-order valence-electron chi connectivity index (χ4n) is 5.67. The van der Waals surface area contributed by atoms with Crippen LogP contribution in [0.3, 0.4) is 0 Å². The zero-order valence-electron chi connectivity index (χ0n) is 26.3. The van der Waals surface area contributed by atoms with E-state index in [9.17, 15) is 45.3 Å². The molecule has 1 fully saturated rings. The van der Waals surface area contributed by atoms with Gasteiger partial charge >= 0.3 is 5.97 Å². The summed E-state index contributed by atoms with van der Waals surface area (Å²) in [5.41, 5.74) is 2.92. The van der Waals surface area contributed by atoms with Crippen LogP contribution in [0.15, 0.2) is 65.3 Å². The number of aliphatic carboxylic acids is 1. The van der Waals surface area contributed by atoms with E-state index in [2.05, 4.69) is 32.9 Å². The monoisotopic (exact) mass is 638 g/mol. The van der Waals surface area contributed by atoms with Crippen molar-refractivity contribution in [2.45, 2.75) is 84.0 Å². The number of carbonyl (C=O) groups excluding carboxylic acids is 1. The highest BCUT2D eigenvalue weighted by Gasteiger charge is 2.51. The van der Waals surface area contributed by atoms with Crippen LogP contribution in [0.25, 0.3) is 0 Å². The quantitative estimate of drug-likeness (QED) is 0.184. The summed E-state index contributed by atoms with van der Waals surface area (Å²) in [6.07, 6.45) is -0.168. The Morgan fingerprint density at radius 2 is 1.50 bits per heavy atom. The number of hydrogen-bond acceptors (Lipinski definition) is 10. The Morgan fingerprint density at radius 1 is 0.848 bits per heavy atom. The van der Waals surface area contributed by atoms with E-state index in [0.717, 1.165) is 35.8 Å². The molecule has 0 radical (unpaired) electrons. The van der Waals surface area contributed by atoms with Crippen molar-refractivity contribution in [1.29, 1.82) is 0 Å². The highest BCUT2D eigenvalue weighted by molar-refractivity contribution is 6.15. The predicted octanol–water partition coefficient (Wildman–Crippen LogP) is 4.21. The molecule has 0 aromatic heterocycles. The molecule has 0 aliphatic carbocycles. The minimum atomic E-state index is -2.01. The molecule has 12 heteroatoms. The molecule has 4 rings (SSSR count). The smallest absolute Gasteiger partial charge is 0.335 e. The first-order valence-electron chi connectivity index (χ1n) is 15.1. The van der Waals surface area contributed by atoms with Crippen LogP contribution >= 0.6 is 0 Å². The van der Waals surface area contributed by atoms with Crippen LogP contribution in [0.4, 0.5) is 17.1 Å². The topological polar surface area (TPSA) is 191 Å². The minimum Gasteiger partial charge on any atom is -0.508 e. The third kappa shape index (κ3) is 7.20. The second-order valence-electron chi connectivity index (χ2n) is 12.0. The third-order valence-corrected chi connectivity index (χ3v) is 8.15. The summed E-state index contributed by atoms with van der Waals surface area (Å²) >= 11 is 0. The van der Waals surface area contributed by atoms with E-state index in [1.807, 2.05) is 13.0 Å². The van der Waals surface area contributed by atoms with Gasteiger partial charge in [-0.1, -0.05) is 41.0 Å². The van der Waals surface area contributed by atoms with E-state index < -0.39 is 59.8 Å². The molecule has 248 valence electrons. The fourth-order valence-corrected chi connectivity index (χ4v) is 5.67. The SMILES string of the molecule is CC(C)=CCC/C(C)=C/CC/C(C)=C/CN1C(=O)c2cccc(O)c2N([C@@H]2O[C@@H](C(=O)O)[C@H](O)[C@@H](O)[C@@H]2O)c2c(O)cc(O)cc21. The Bertz CT molecular complexity index is 1560. The number of ether oxygens (including phenoxy) is 1. The van der Waals surface area contributed by atoms with E-state index >= 15 is 0 Å². The number of benzene rings is 2. The number of rotatable bonds is 10. The number of aromatic hydroxyl groups is 3. The van der Waals surface area contributed by atoms with Gasteiger partial charge in [0, 0.05) is 18.7 Å². The zero-order valence-corrected chi connectivity index (χ0v) is 26.3. The lowest BCUT2D eigenvalue weighted by atomic mass is 9.96. The standard InChI is InChI=1S/C34H42N2O10/c1-18(2)8-5-9-19(3)10-6-11-20(4)14-15-35-23-16-21(37)17-25(39)27(23)36(26-22(32(35)43)12-7-13-24(26)38)33-30(42)28(40)29(41)31(46-33)34(44)45/h7-8,10,12-14,16-17,28-31,33,37-42H,5-6,9,11,15H2,1-4H3,(H,44,45)/b19-10+,20-14+/t28-,29-,30+,31-,33-/m1/s1. The number of carbonyl (C=O) groups is 2. The highest BCUT2D eigenvalue weighted by atomic mass is 16.6. The summed E-state index contributed by atoms with van der Waals surface area (Å²) in [7, 11) is 0. The van der Waals surface area contributed by atoms with Crippen molar-refractivity contribution in [3.8, 4) is 17.2 Å². The molecule has 7 N–H and O–H groups in total. The van der Waals surface area contributed by atoms with Crippen LogP contribution in [-0.2, 0) is 9.53 Å². The lowest BCUT2D eigenvalue weighted by Gasteiger charge is -2.44. The van der Waals surface area contributed by atoms with Gasteiger partial charge < -0.3 is 50.3 Å². The number of amides is 1. The first kappa shape index (κ1) is 34.5. The second-order valence-corrected chi connectivity index (χ2v) is 12.0. The zero-order chi connectivity index (χ0) is 33.9. The number of anilines is 3. The lowest BCUT2D eigenvalue weighted by molar-refractivity contribution is -0.225. The molecule has 0 saturated carbocycles. The van der Waals surface area contributed by atoms with E-state index in [1.54, 1.807) is 0 Å². The molecule has 12 nitrogen and oxygen atoms in total. The first-order valence-corrected chi connectivity index (χ1v) is 15.1. The summed E-state index contributed by atoms with van der Waals surface area (Å²) < 4.78 is 5.59. The molecule has 5 atom stereocenters. The van der Waals surface area contributed by atoms with Gasteiger partial charge in [0.25, 0.3) is 5.91 Å². The van der Waals surface area contributed by atoms with Crippen molar-refractivity contribution in [1.82, 2.24) is 0 Å². The third-order valence-electron chi connectivity index (χ3n) is 8.15. The molecule has 46 heavy (non-hydrogen) atoms. The fraction of sp³-hybridized carbons (Fsp3) is 0.412. The van der Waals surface area contributed by atoms with E-state index in [0.29, 0.717) is 6.42 Å². The van der Waals surface area contributed by atoms with E-state index in [-0.39, 0.29) is 29.2 Å². The number of carboxylic acids is 1. The van der Waals surface area contributed by atoms with Crippen molar-refractivity contribution >= 4 is 28.9 Å². The summed E-state index contributed by atoms with van der Waals surface area (Å²) in [5.74, 6) is -3.75. The summed E-state index contributed by atoms with van der Waals surface area (Å²) in [6, 6.07) is 6.25. The molecular weight excluding hydrogens is 596 g/mol. The minimum absolute atomic E-state index is 0.0140. The normalized spacial score (nSPS) is 23.5. The van der Waals surface area contributed by atoms with Gasteiger partial charge in [0.2, 0.25) is 0 Å². The van der Waals surface area contributed by atoms with Crippen LogP contribution in [0.1, 0.15) is 63.7 Å². The lowest BCUT2D eigenvalue weighted by Crippen LogP contribution is -2.63. The maximum Gasteiger partial charge on any atom is 0.335 e. The number of aliphatic hydroxyl groups excluding tert-OH is 3. The molecule has 0 spiro atoms. The van der Waals surface area contributed by atoms with Gasteiger partial charge in [-0.25, -0.2) is 4.79 Å². The highest BCUT2D eigenvalue weighted by Crippen LogP contribution is 2.52. The van der Waals surface area contributed by atoms with Crippen molar-refractivity contribution in [3.05, 3.63) is 70.8 Å². The molecular formula is C34H42N2O10. The molecule has 0 bridgehead atoms. The van der Waals surface area contributed by atoms with Crippen LogP contribution in [0.2, 0.25) is 0 Å². The van der Waals surface area contributed by atoms with Gasteiger partial charge in [-0.2, -0.15) is 0 Å². The molecule has 2 aliphatic heterocycles. The Hall–Kier alpha value is -4.36. The number of aliphatic hydroxyl groups is 3. The number of allylic oxidation sites excluding steroid dienone is 5. The maximum absolute atomic E-state index is 14.1. The number of phenolic OH excluding ortho intramolecular Hbond substituents is 3. The van der Waals surface area contributed by atoms with E-state index in [1.165, 1.54) is 40.3 Å². The number of fused-ring (bicyclic) bond motifs is 2. The van der Waals surface area contributed by atoms with Crippen LogP contribution < -0.4 is 9.80 Å². The molecule has 2 heterocycles. The largest absolute Gasteiger partial charge is 0.508 e. The summed E-state index contributed by atoms with van der Waals surface area (Å²) in [4.78, 5) is 28.3. The average Bonchev–Trinajstić information content (AvgIpc) is 3.07. The first-order chi connectivity index (χ1) is 21.7. The van der Waals surface area contributed by atoms with Crippen LogP contribution in [0, 0.1) is 0 Å². The van der Waals surface area contributed by atoms with Gasteiger partial charge in [0.15, 0.2) is 12.3 Å². The van der Waals surface area contributed by atoms with Crippen molar-refractivity contribution in [2.24, 2.45) is 0 Å². The number of carboxylic acid groups (broad SMARTS) is 1. The number of para-hydroxylation sites is 1. The van der Waals surface area contributed by atoms with Crippen molar-refractivity contribution < 1.29 is 50.1 Å². The maximum atomic E-state index is 14.1. The van der Waals surface area contributed by atoms with Crippen molar-refractivity contribution in [2.75, 3.05) is 16.3 Å². The Balaban J connectivity index is 1.76. The average molecular weight is 639 g/mol. The van der Waals surface area contributed by atoms with Crippen molar-refractivity contribution in [3.63, 3.8) is 0 Å². The Morgan fingerprint density at radius 3 is 2.15 bits per heavy atom.